The maximum atomic E-state index is 12.9. The Bertz CT molecular complexity index is 1040. The molecule has 0 saturated heterocycles. The average molecular weight is 371 g/mol. The van der Waals surface area contributed by atoms with Crippen LogP contribution in [0.2, 0.25) is 0 Å². The van der Waals surface area contributed by atoms with Gasteiger partial charge in [0.2, 0.25) is 0 Å². The van der Waals surface area contributed by atoms with Crippen molar-refractivity contribution in [3.05, 3.63) is 89.5 Å². The molecule has 138 valence electrons. The number of aromatic nitrogens is 2. The highest BCUT2D eigenvalue weighted by Crippen LogP contribution is 2.39. The van der Waals surface area contributed by atoms with Crippen molar-refractivity contribution in [2.24, 2.45) is 0 Å². The highest BCUT2D eigenvalue weighted by Gasteiger charge is 2.30. The molecule has 6 heteroatoms. The van der Waals surface area contributed by atoms with Gasteiger partial charge >= 0.3 is 5.97 Å². The second-order valence-electron chi connectivity index (χ2n) is 6.11. The standard InChI is InChI=1S/C22H17N3O3/c1-2-28-22(27)14-9-10-16-15(13-14)19(21(26)25-16)20(17-7-3-5-11-23-17)18-8-4-6-12-24-18/h3-13H,2H2,1H3,(H,25,26). The minimum Gasteiger partial charge on any atom is -0.462 e. The Morgan fingerprint density at radius 3 is 2.25 bits per heavy atom. The van der Waals surface area contributed by atoms with Gasteiger partial charge in [-0.2, -0.15) is 0 Å². The minimum atomic E-state index is -0.429. The largest absolute Gasteiger partial charge is 0.462 e. The molecule has 0 aliphatic carbocycles. The molecule has 6 nitrogen and oxygen atoms in total. The number of carbonyl (C=O) groups excluding carboxylic acids is 2. The van der Waals surface area contributed by atoms with E-state index in [0.717, 1.165) is 0 Å². The van der Waals surface area contributed by atoms with Crippen molar-refractivity contribution in [2.45, 2.75) is 6.92 Å². The molecule has 0 unspecified atom stereocenters. The topological polar surface area (TPSA) is 81.2 Å². The molecule has 3 aromatic rings. The third-order valence-electron chi connectivity index (χ3n) is 4.37. The van der Waals surface area contributed by atoms with E-state index in [1.165, 1.54) is 0 Å². The molecule has 4 rings (SSSR count). The first kappa shape index (κ1) is 17.6. The monoisotopic (exact) mass is 371 g/mol. The van der Waals surface area contributed by atoms with Gasteiger partial charge in [-0.05, 0) is 49.4 Å². The number of carbonyl (C=O) groups is 2. The summed E-state index contributed by atoms with van der Waals surface area (Å²) in [6.07, 6.45) is 3.34. The summed E-state index contributed by atoms with van der Waals surface area (Å²) >= 11 is 0. The van der Waals surface area contributed by atoms with Crippen molar-refractivity contribution >= 4 is 28.7 Å². The van der Waals surface area contributed by atoms with E-state index in [9.17, 15) is 9.59 Å². The number of ether oxygens (including phenoxy) is 1. The predicted molar refractivity (Wildman–Crippen MR) is 105 cm³/mol. The molecule has 0 atom stereocenters. The lowest BCUT2D eigenvalue weighted by molar-refractivity contribution is -0.110. The zero-order chi connectivity index (χ0) is 19.5. The van der Waals surface area contributed by atoms with Gasteiger partial charge in [0.15, 0.2) is 0 Å². The van der Waals surface area contributed by atoms with Crippen LogP contribution in [0.4, 0.5) is 5.69 Å². The van der Waals surface area contributed by atoms with Crippen molar-refractivity contribution in [1.82, 2.24) is 9.97 Å². The lowest BCUT2D eigenvalue weighted by Gasteiger charge is -2.11. The molecule has 0 fully saturated rings. The van der Waals surface area contributed by atoms with Crippen LogP contribution in [0, 0.1) is 0 Å². The number of hydrogen-bond acceptors (Lipinski definition) is 5. The van der Waals surface area contributed by atoms with Gasteiger partial charge in [0.1, 0.15) is 0 Å². The summed E-state index contributed by atoms with van der Waals surface area (Å²) < 4.78 is 5.09. The molecule has 28 heavy (non-hydrogen) atoms. The molecule has 3 heterocycles. The second kappa shape index (κ2) is 7.44. The number of nitrogens with one attached hydrogen (secondary N) is 1. The second-order valence-corrected chi connectivity index (χ2v) is 6.11. The molecular weight excluding hydrogens is 354 g/mol. The molecule has 0 radical (unpaired) electrons. The fourth-order valence-corrected chi connectivity index (χ4v) is 3.17. The van der Waals surface area contributed by atoms with E-state index in [0.29, 0.717) is 39.3 Å². The molecule has 1 aromatic carbocycles. The third-order valence-corrected chi connectivity index (χ3v) is 4.37. The number of fused-ring (bicyclic) bond motifs is 1. The Hall–Kier alpha value is -3.80. The first-order valence-electron chi connectivity index (χ1n) is 8.89. The number of amides is 1. The van der Waals surface area contributed by atoms with Crippen LogP contribution in [0.5, 0.6) is 0 Å². The third kappa shape index (κ3) is 3.16. The number of benzene rings is 1. The predicted octanol–water partition coefficient (Wildman–Crippen LogP) is 3.56. The summed E-state index contributed by atoms with van der Waals surface area (Å²) in [4.78, 5) is 33.9. The number of pyridine rings is 2. The molecule has 1 N–H and O–H groups in total. The van der Waals surface area contributed by atoms with Crippen LogP contribution in [0.25, 0.3) is 11.1 Å². The Kier molecular flexibility index (Phi) is 4.68. The van der Waals surface area contributed by atoms with E-state index in [2.05, 4.69) is 15.3 Å². The van der Waals surface area contributed by atoms with E-state index in [-0.39, 0.29) is 12.5 Å². The molecule has 1 aliphatic rings. The Labute approximate surface area is 161 Å². The number of esters is 1. The minimum absolute atomic E-state index is 0.262. The van der Waals surface area contributed by atoms with Crippen LogP contribution >= 0.6 is 0 Å². The number of nitrogens with zero attached hydrogens (tertiary/aromatic N) is 2. The molecule has 1 aliphatic heterocycles. The fourth-order valence-electron chi connectivity index (χ4n) is 3.17. The molecule has 2 aromatic heterocycles. The van der Waals surface area contributed by atoms with E-state index in [1.54, 1.807) is 37.5 Å². The quantitative estimate of drug-likeness (QED) is 0.560. The van der Waals surface area contributed by atoms with E-state index < -0.39 is 5.97 Å². The maximum absolute atomic E-state index is 12.9. The highest BCUT2D eigenvalue weighted by molar-refractivity contribution is 6.38. The number of hydrogen-bond donors (Lipinski definition) is 1. The molecular formula is C22H17N3O3. The van der Waals surface area contributed by atoms with Gasteiger partial charge in [0.25, 0.3) is 5.91 Å². The fraction of sp³-hybridized carbons (Fsp3) is 0.0909. The van der Waals surface area contributed by atoms with Gasteiger partial charge in [0.05, 0.1) is 29.1 Å². The zero-order valence-corrected chi connectivity index (χ0v) is 15.2. The van der Waals surface area contributed by atoms with Gasteiger partial charge in [-0.25, -0.2) is 4.79 Å². The average Bonchev–Trinajstić information content (AvgIpc) is 3.05. The highest BCUT2D eigenvalue weighted by atomic mass is 16.5. The summed E-state index contributed by atoms with van der Waals surface area (Å²) in [6.45, 7) is 2.03. The first-order valence-corrected chi connectivity index (χ1v) is 8.89. The van der Waals surface area contributed by atoms with Gasteiger partial charge in [-0.3, -0.25) is 14.8 Å². The van der Waals surface area contributed by atoms with Crippen molar-refractivity contribution in [2.75, 3.05) is 11.9 Å². The van der Waals surface area contributed by atoms with Crippen molar-refractivity contribution in [3.63, 3.8) is 0 Å². The molecule has 0 spiro atoms. The van der Waals surface area contributed by atoms with Crippen LogP contribution < -0.4 is 5.32 Å². The summed E-state index contributed by atoms with van der Waals surface area (Å²) in [5.41, 5.74) is 3.94. The maximum Gasteiger partial charge on any atom is 0.338 e. The first-order chi connectivity index (χ1) is 13.7. The lowest BCUT2D eigenvalue weighted by atomic mass is 9.94. The Morgan fingerprint density at radius 1 is 1.00 bits per heavy atom. The van der Waals surface area contributed by atoms with Crippen molar-refractivity contribution in [3.8, 4) is 0 Å². The van der Waals surface area contributed by atoms with Gasteiger partial charge in [-0.15, -0.1) is 0 Å². The summed E-state index contributed by atoms with van der Waals surface area (Å²) in [7, 11) is 0. The van der Waals surface area contributed by atoms with Crippen molar-refractivity contribution < 1.29 is 14.3 Å². The zero-order valence-electron chi connectivity index (χ0n) is 15.2. The molecule has 1 amide bonds. The number of rotatable bonds is 4. The van der Waals surface area contributed by atoms with Gasteiger partial charge < -0.3 is 10.1 Å². The van der Waals surface area contributed by atoms with E-state index in [4.69, 9.17) is 4.74 Å². The van der Waals surface area contributed by atoms with Crippen LogP contribution in [0.3, 0.4) is 0 Å². The molecule has 0 bridgehead atoms. The number of anilines is 1. The van der Waals surface area contributed by atoms with E-state index >= 15 is 0 Å². The van der Waals surface area contributed by atoms with Crippen LogP contribution in [-0.2, 0) is 9.53 Å². The molecule has 0 saturated carbocycles. The van der Waals surface area contributed by atoms with Gasteiger partial charge in [0, 0.05) is 29.2 Å². The van der Waals surface area contributed by atoms with Crippen LogP contribution in [-0.4, -0.2) is 28.5 Å². The summed E-state index contributed by atoms with van der Waals surface area (Å²) in [5.74, 6) is -0.691. The van der Waals surface area contributed by atoms with Crippen molar-refractivity contribution in [1.29, 1.82) is 0 Å². The van der Waals surface area contributed by atoms with Crippen LogP contribution in [0.15, 0.2) is 67.0 Å². The Balaban J connectivity index is 1.97. The van der Waals surface area contributed by atoms with E-state index in [1.807, 2.05) is 36.4 Å². The Morgan fingerprint density at radius 2 is 1.68 bits per heavy atom. The smallest absolute Gasteiger partial charge is 0.338 e. The lowest BCUT2D eigenvalue weighted by Crippen LogP contribution is -2.08. The SMILES string of the molecule is CCOC(=O)c1ccc2c(c1)C(=C(c1ccccn1)c1ccccn1)C(=O)N2. The van der Waals surface area contributed by atoms with Crippen LogP contribution in [0.1, 0.15) is 34.2 Å². The summed E-state index contributed by atoms with van der Waals surface area (Å²) in [5, 5.41) is 2.86. The summed E-state index contributed by atoms with van der Waals surface area (Å²) in [6, 6.07) is 16.0. The van der Waals surface area contributed by atoms with Gasteiger partial charge in [-0.1, -0.05) is 12.1 Å². The normalized spacial score (nSPS) is 12.3.